The predicted molar refractivity (Wildman–Crippen MR) is 95.4 cm³/mol. The van der Waals surface area contributed by atoms with Gasteiger partial charge >= 0.3 is 0 Å². The number of aromatic nitrogens is 1. The van der Waals surface area contributed by atoms with Crippen LogP contribution < -0.4 is 10.1 Å². The molecule has 0 saturated heterocycles. The number of carbonyl (C=O) groups is 1. The van der Waals surface area contributed by atoms with E-state index in [4.69, 9.17) is 9.47 Å². The Balaban J connectivity index is 2.01. The maximum atomic E-state index is 12.7. The van der Waals surface area contributed by atoms with Gasteiger partial charge in [0.1, 0.15) is 5.60 Å². The lowest BCUT2D eigenvalue weighted by molar-refractivity contribution is -0.142. The number of carbonyl (C=O) groups excluding carboxylic acids is 1. The third-order valence-corrected chi connectivity index (χ3v) is 4.91. The molecule has 2 rings (SSSR count). The molecule has 0 spiro atoms. The number of anilines is 1. The van der Waals surface area contributed by atoms with Crippen LogP contribution in [0.25, 0.3) is 0 Å². The highest BCUT2D eigenvalue weighted by Crippen LogP contribution is 2.35. The molecule has 1 aromatic heterocycles. The molecule has 5 nitrogen and oxygen atoms in total. The fourth-order valence-corrected chi connectivity index (χ4v) is 3.09. The summed E-state index contributed by atoms with van der Waals surface area (Å²) in [6.45, 7) is 6.96. The van der Waals surface area contributed by atoms with Gasteiger partial charge in [-0.15, -0.1) is 0 Å². The quantitative estimate of drug-likeness (QED) is 0.763. The first-order valence-corrected chi connectivity index (χ1v) is 8.97. The van der Waals surface area contributed by atoms with Crippen molar-refractivity contribution in [2.24, 2.45) is 5.92 Å². The largest absolute Gasteiger partial charge is 0.477 e. The van der Waals surface area contributed by atoms with Crippen molar-refractivity contribution in [2.75, 3.05) is 19.0 Å². The van der Waals surface area contributed by atoms with Gasteiger partial charge in [-0.2, -0.15) is 0 Å². The van der Waals surface area contributed by atoms with Crippen LogP contribution in [0.2, 0.25) is 0 Å². The summed E-state index contributed by atoms with van der Waals surface area (Å²) >= 11 is 0. The van der Waals surface area contributed by atoms with Crippen molar-refractivity contribution >= 4 is 11.6 Å². The first kappa shape index (κ1) is 18.7. The lowest BCUT2D eigenvalue weighted by Gasteiger charge is -2.36. The van der Waals surface area contributed by atoms with Gasteiger partial charge in [0.15, 0.2) is 0 Å². The van der Waals surface area contributed by atoms with Gasteiger partial charge in [0.05, 0.1) is 18.5 Å². The van der Waals surface area contributed by atoms with Crippen molar-refractivity contribution in [1.82, 2.24) is 4.98 Å². The van der Waals surface area contributed by atoms with E-state index < -0.39 is 5.60 Å². The van der Waals surface area contributed by atoms with E-state index in [2.05, 4.69) is 24.1 Å². The summed E-state index contributed by atoms with van der Waals surface area (Å²) in [6.07, 6.45) is 7.31. The standard InChI is InChI=1S/C19H30N2O3/c1-5-6-11-24-17-15(3)12-16(13-20-17)21-18(22)19(23-4)9-7-14(2)8-10-19/h12-14H,5-11H2,1-4H3,(H,21,22). The summed E-state index contributed by atoms with van der Waals surface area (Å²) in [5.74, 6) is 1.22. The van der Waals surface area contributed by atoms with Gasteiger partial charge in [-0.3, -0.25) is 4.79 Å². The van der Waals surface area contributed by atoms with Gasteiger partial charge < -0.3 is 14.8 Å². The van der Waals surface area contributed by atoms with E-state index in [1.54, 1.807) is 13.3 Å². The summed E-state index contributed by atoms with van der Waals surface area (Å²) in [4.78, 5) is 17.1. The average molecular weight is 334 g/mol. The Morgan fingerprint density at radius 2 is 2.12 bits per heavy atom. The zero-order valence-corrected chi connectivity index (χ0v) is 15.4. The second-order valence-electron chi connectivity index (χ2n) is 6.88. The SMILES string of the molecule is CCCCOc1ncc(NC(=O)C2(OC)CCC(C)CC2)cc1C. The van der Waals surface area contributed by atoms with Crippen molar-refractivity contribution in [1.29, 1.82) is 0 Å². The molecule has 1 amide bonds. The Morgan fingerprint density at radius 3 is 2.71 bits per heavy atom. The van der Waals surface area contributed by atoms with Gasteiger partial charge in [0, 0.05) is 12.7 Å². The van der Waals surface area contributed by atoms with Gasteiger partial charge in [-0.25, -0.2) is 4.98 Å². The minimum atomic E-state index is -0.712. The molecule has 1 fully saturated rings. The van der Waals surface area contributed by atoms with Crippen molar-refractivity contribution in [3.05, 3.63) is 17.8 Å². The summed E-state index contributed by atoms with van der Waals surface area (Å²) in [6, 6.07) is 1.90. The fourth-order valence-electron chi connectivity index (χ4n) is 3.09. The average Bonchev–Trinajstić information content (AvgIpc) is 2.58. The molecule has 1 aliphatic rings. The molecule has 24 heavy (non-hydrogen) atoms. The van der Waals surface area contributed by atoms with E-state index in [0.717, 1.165) is 44.1 Å². The molecule has 5 heteroatoms. The van der Waals surface area contributed by atoms with Crippen LogP contribution in [0.3, 0.4) is 0 Å². The number of rotatable bonds is 7. The number of aryl methyl sites for hydroxylation is 1. The molecule has 1 saturated carbocycles. The lowest BCUT2D eigenvalue weighted by atomic mass is 9.79. The van der Waals surface area contributed by atoms with Gasteiger partial charge in [0.2, 0.25) is 5.88 Å². The Kier molecular flexibility index (Phi) is 6.60. The van der Waals surface area contributed by atoms with E-state index in [1.807, 2.05) is 13.0 Å². The maximum Gasteiger partial charge on any atom is 0.256 e. The molecule has 1 heterocycles. The fraction of sp³-hybridized carbons (Fsp3) is 0.684. The molecule has 1 N–H and O–H groups in total. The number of hydrogen-bond acceptors (Lipinski definition) is 4. The molecule has 134 valence electrons. The lowest BCUT2D eigenvalue weighted by Crippen LogP contribution is -2.47. The van der Waals surface area contributed by atoms with Crippen molar-refractivity contribution in [2.45, 2.75) is 64.9 Å². The minimum absolute atomic E-state index is 0.0715. The summed E-state index contributed by atoms with van der Waals surface area (Å²) in [5.41, 5.74) is 0.902. The van der Waals surface area contributed by atoms with Crippen molar-refractivity contribution in [3.63, 3.8) is 0 Å². The molecule has 0 unspecified atom stereocenters. The topological polar surface area (TPSA) is 60.5 Å². The Hall–Kier alpha value is -1.62. The van der Waals surface area contributed by atoms with Crippen LogP contribution in [-0.2, 0) is 9.53 Å². The van der Waals surface area contributed by atoms with E-state index in [-0.39, 0.29) is 5.91 Å². The predicted octanol–water partition coefficient (Wildman–Crippen LogP) is 4.10. The van der Waals surface area contributed by atoms with Gasteiger partial charge in [-0.05, 0) is 51.0 Å². The number of nitrogens with one attached hydrogen (secondary N) is 1. The second kappa shape index (κ2) is 8.47. The molecule has 0 aliphatic heterocycles. The minimum Gasteiger partial charge on any atom is -0.477 e. The monoisotopic (exact) mass is 334 g/mol. The first-order chi connectivity index (χ1) is 11.5. The van der Waals surface area contributed by atoms with Crippen LogP contribution in [-0.4, -0.2) is 30.2 Å². The number of hydrogen-bond donors (Lipinski definition) is 1. The van der Waals surface area contributed by atoms with Crippen LogP contribution in [0, 0.1) is 12.8 Å². The van der Waals surface area contributed by atoms with Crippen LogP contribution in [0.4, 0.5) is 5.69 Å². The van der Waals surface area contributed by atoms with Crippen LogP contribution in [0.5, 0.6) is 5.88 Å². The first-order valence-electron chi connectivity index (χ1n) is 8.97. The van der Waals surface area contributed by atoms with Crippen LogP contribution in [0.15, 0.2) is 12.3 Å². The van der Waals surface area contributed by atoms with Crippen LogP contribution in [0.1, 0.15) is 57.9 Å². The molecule has 0 bridgehead atoms. The number of amides is 1. The molecule has 1 aliphatic carbocycles. The molecule has 0 aromatic carbocycles. The third kappa shape index (κ3) is 4.47. The highest BCUT2D eigenvalue weighted by atomic mass is 16.5. The normalized spacial score (nSPS) is 23.8. The molecular formula is C19H30N2O3. The Bertz CT molecular complexity index is 552. The van der Waals surface area contributed by atoms with E-state index >= 15 is 0 Å². The highest BCUT2D eigenvalue weighted by Gasteiger charge is 2.41. The highest BCUT2D eigenvalue weighted by molar-refractivity contribution is 5.97. The van der Waals surface area contributed by atoms with E-state index in [9.17, 15) is 4.79 Å². The second-order valence-corrected chi connectivity index (χ2v) is 6.88. The molecule has 1 aromatic rings. The van der Waals surface area contributed by atoms with Gasteiger partial charge in [-0.1, -0.05) is 20.3 Å². The third-order valence-electron chi connectivity index (χ3n) is 4.91. The number of methoxy groups -OCH3 is 1. The number of ether oxygens (including phenoxy) is 2. The number of pyridine rings is 1. The number of nitrogens with zero attached hydrogens (tertiary/aromatic N) is 1. The summed E-state index contributed by atoms with van der Waals surface area (Å²) in [5, 5.41) is 2.97. The van der Waals surface area contributed by atoms with E-state index in [1.165, 1.54) is 0 Å². The molecular weight excluding hydrogens is 304 g/mol. The van der Waals surface area contributed by atoms with Crippen molar-refractivity contribution in [3.8, 4) is 5.88 Å². The molecule has 0 radical (unpaired) electrons. The van der Waals surface area contributed by atoms with Crippen molar-refractivity contribution < 1.29 is 14.3 Å². The zero-order chi connectivity index (χ0) is 17.6. The van der Waals surface area contributed by atoms with Gasteiger partial charge in [0.25, 0.3) is 5.91 Å². The van der Waals surface area contributed by atoms with E-state index in [0.29, 0.717) is 24.1 Å². The Morgan fingerprint density at radius 1 is 1.42 bits per heavy atom. The summed E-state index contributed by atoms with van der Waals surface area (Å²) in [7, 11) is 1.63. The number of unbranched alkanes of at least 4 members (excludes halogenated alkanes) is 1. The smallest absolute Gasteiger partial charge is 0.256 e. The van der Waals surface area contributed by atoms with Crippen LogP contribution >= 0.6 is 0 Å². The summed E-state index contributed by atoms with van der Waals surface area (Å²) < 4.78 is 11.3. The zero-order valence-electron chi connectivity index (χ0n) is 15.4. The Labute approximate surface area is 145 Å². The maximum absolute atomic E-state index is 12.7. The molecule has 0 atom stereocenters.